The van der Waals surface area contributed by atoms with Crippen LogP contribution in [0.5, 0.6) is 0 Å². The summed E-state index contributed by atoms with van der Waals surface area (Å²) in [7, 11) is 0. The van der Waals surface area contributed by atoms with E-state index < -0.39 is 24.5 Å². The molecule has 5 rings (SSSR count). The standard InChI is InChI=1S/C27H24O6/c28-26-25(30-17-20-12-6-2-7-13-20)24(29-16-19-10-4-1-5-11-19)23(33-26)22-18-31-27(32-22)21-14-8-3-9-15-21/h1-15,22-23,27H,16-18H2/t22-,23-,27+/m1/s1. The molecule has 0 unspecified atom stereocenters. The van der Waals surface area contributed by atoms with Crippen molar-refractivity contribution in [3.05, 3.63) is 119 Å². The molecule has 33 heavy (non-hydrogen) atoms. The van der Waals surface area contributed by atoms with Crippen LogP contribution < -0.4 is 0 Å². The second-order valence-electron chi connectivity index (χ2n) is 7.82. The molecular weight excluding hydrogens is 420 g/mol. The SMILES string of the molecule is O=C1O[C@H]([C@H]2CO[C@H](c3ccccc3)O2)C(OCc2ccccc2)=C1OCc1ccccc1. The second-order valence-corrected chi connectivity index (χ2v) is 7.82. The van der Waals surface area contributed by atoms with Gasteiger partial charge in [0.15, 0.2) is 18.2 Å². The first-order valence-electron chi connectivity index (χ1n) is 10.9. The largest absolute Gasteiger partial charge is 0.485 e. The molecule has 168 valence electrons. The minimum atomic E-state index is -0.749. The molecule has 0 bridgehead atoms. The molecule has 0 spiro atoms. The molecule has 0 radical (unpaired) electrons. The van der Waals surface area contributed by atoms with Crippen LogP contribution >= 0.6 is 0 Å². The normalized spacial score (nSPS) is 22.3. The van der Waals surface area contributed by atoms with Gasteiger partial charge in [-0.1, -0.05) is 91.0 Å². The average Bonchev–Trinajstić information content (AvgIpc) is 3.48. The van der Waals surface area contributed by atoms with Crippen LogP contribution in [0.15, 0.2) is 103 Å². The zero-order chi connectivity index (χ0) is 22.5. The molecular formula is C27H24O6. The van der Waals surface area contributed by atoms with Crippen molar-refractivity contribution < 1.29 is 28.5 Å². The van der Waals surface area contributed by atoms with Crippen molar-refractivity contribution in [2.75, 3.05) is 6.61 Å². The van der Waals surface area contributed by atoms with Gasteiger partial charge in [0.2, 0.25) is 5.76 Å². The zero-order valence-corrected chi connectivity index (χ0v) is 18.0. The molecule has 3 atom stereocenters. The van der Waals surface area contributed by atoms with Crippen molar-refractivity contribution in [3.63, 3.8) is 0 Å². The molecule has 0 saturated carbocycles. The first-order valence-corrected chi connectivity index (χ1v) is 10.9. The smallest absolute Gasteiger partial charge is 0.378 e. The fourth-order valence-corrected chi connectivity index (χ4v) is 3.80. The first-order chi connectivity index (χ1) is 16.3. The van der Waals surface area contributed by atoms with Gasteiger partial charge in [-0.05, 0) is 11.1 Å². The fourth-order valence-electron chi connectivity index (χ4n) is 3.80. The maximum atomic E-state index is 12.8. The van der Waals surface area contributed by atoms with Crippen LogP contribution in [-0.4, -0.2) is 24.8 Å². The summed E-state index contributed by atoms with van der Waals surface area (Å²) >= 11 is 0. The first kappa shape index (κ1) is 21.2. The Kier molecular flexibility index (Phi) is 6.37. The monoisotopic (exact) mass is 444 g/mol. The topological polar surface area (TPSA) is 63.2 Å². The molecule has 2 aliphatic heterocycles. The molecule has 0 N–H and O–H groups in total. The van der Waals surface area contributed by atoms with Crippen LogP contribution in [0.3, 0.4) is 0 Å². The van der Waals surface area contributed by atoms with Gasteiger partial charge in [0.1, 0.15) is 19.3 Å². The Morgan fingerprint density at radius 2 is 1.33 bits per heavy atom. The summed E-state index contributed by atoms with van der Waals surface area (Å²) in [6.07, 6.45) is -1.79. The van der Waals surface area contributed by atoms with Crippen LogP contribution in [0.1, 0.15) is 23.0 Å². The van der Waals surface area contributed by atoms with Crippen LogP contribution in [0, 0.1) is 0 Å². The van der Waals surface area contributed by atoms with Gasteiger partial charge in [0.25, 0.3) is 0 Å². The molecule has 3 aromatic rings. The number of carbonyl (C=O) groups excluding carboxylic acids is 1. The summed E-state index contributed by atoms with van der Waals surface area (Å²) in [5, 5.41) is 0. The summed E-state index contributed by atoms with van der Waals surface area (Å²) in [6, 6.07) is 29.0. The summed E-state index contributed by atoms with van der Waals surface area (Å²) in [5.74, 6) is -0.153. The van der Waals surface area contributed by atoms with Crippen LogP contribution in [0.4, 0.5) is 0 Å². The minimum Gasteiger partial charge on any atom is -0.485 e. The van der Waals surface area contributed by atoms with Gasteiger partial charge in [0, 0.05) is 5.56 Å². The number of cyclic esters (lactones) is 1. The number of rotatable bonds is 8. The van der Waals surface area contributed by atoms with Crippen LogP contribution in [0.25, 0.3) is 0 Å². The molecule has 0 aromatic heterocycles. The predicted molar refractivity (Wildman–Crippen MR) is 119 cm³/mol. The average molecular weight is 444 g/mol. The van der Waals surface area contributed by atoms with E-state index >= 15 is 0 Å². The third kappa shape index (κ3) is 4.92. The van der Waals surface area contributed by atoms with E-state index in [1.54, 1.807) is 0 Å². The lowest BCUT2D eigenvalue weighted by molar-refractivity contribution is -0.150. The van der Waals surface area contributed by atoms with E-state index in [-0.39, 0.29) is 25.6 Å². The van der Waals surface area contributed by atoms with Gasteiger partial charge in [-0.25, -0.2) is 4.79 Å². The lowest BCUT2D eigenvalue weighted by Gasteiger charge is -2.20. The number of esters is 1. The van der Waals surface area contributed by atoms with E-state index in [2.05, 4.69) is 0 Å². The molecule has 3 aromatic carbocycles. The Labute approximate surface area is 192 Å². The van der Waals surface area contributed by atoms with Crippen LogP contribution in [0.2, 0.25) is 0 Å². The highest BCUT2D eigenvalue weighted by Crippen LogP contribution is 2.36. The summed E-state index contributed by atoms with van der Waals surface area (Å²) in [4.78, 5) is 12.8. The third-order valence-electron chi connectivity index (χ3n) is 5.48. The number of benzene rings is 3. The summed E-state index contributed by atoms with van der Waals surface area (Å²) in [5.41, 5.74) is 2.81. The minimum absolute atomic E-state index is 0.0755. The molecule has 0 amide bonds. The highest BCUT2D eigenvalue weighted by molar-refractivity contribution is 5.89. The Hall–Kier alpha value is -3.61. The lowest BCUT2D eigenvalue weighted by atomic mass is 10.1. The number of carbonyl (C=O) groups is 1. The van der Waals surface area contributed by atoms with Gasteiger partial charge in [-0.3, -0.25) is 0 Å². The Morgan fingerprint density at radius 1 is 0.758 bits per heavy atom. The summed E-state index contributed by atoms with van der Waals surface area (Å²) < 4.78 is 29.6. The summed E-state index contributed by atoms with van der Waals surface area (Å²) in [6.45, 7) is 0.768. The van der Waals surface area contributed by atoms with E-state index in [0.717, 1.165) is 16.7 Å². The van der Waals surface area contributed by atoms with Gasteiger partial charge in [-0.2, -0.15) is 0 Å². The van der Waals surface area contributed by atoms with E-state index in [1.807, 2.05) is 91.0 Å². The van der Waals surface area contributed by atoms with Crippen LogP contribution in [-0.2, 0) is 41.7 Å². The van der Waals surface area contributed by atoms with E-state index in [9.17, 15) is 4.79 Å². The maximum absolute atomic E-state index is 12.8. The molecule has 6 heteroatoms. The van der Waals surface area contributed by atoms with Crippen molar-refractivity contribution in [1.82, 2.24) is 0 Å². The molecule has 1 fully saturated rings. The van der Waals surface area contributed by atoms with E-state index in [1.165, 1.54) is 0 Å². The van der Waals surface area contributed by atoms with E-state index in [0.29, 0.717) is 5.76 Å². The molecule has 0 aliphatic carbocycles. The Bertz CT molecular complexity index is 1100. The van der Waals surface area contributed by atoms with Crippen molar-refractivity contribution in [2.45, 2.75) is 31.7 Å². The fraction of sp³-hybridized carbons (Fsp3) is 0.222. The van der Waals surface area contributed by atoms with Crippen molar-refractivity contribution in [1.29, 1.82) is 0 Å². The maximum Gasteiger partial charge on any atom is 0.378 e. The number of hydrogen-bond acceptors (Lipinski definition) is 6. The third-order valence-corrected chi connectivity index (χ3v) is 5.48. The van der Waals surface area contributed by atoms with Gasteiger partial charge >= 0.3 is 5.97 Å². The van der Waals surface area contributed by atoms with E-state index in [4.69, 9.17) is 23.7 Å². The predicted octanol–water partition coefficient (Wildman–Crippen LogP) is 4.67. The quantitative estimate of drug-likeness (QED) is 0.471. The Morgan fingerprint density at radius 3 is 1.97 bits per heavy atom. The van der Waals surface area contributed by atoms with Gasteiger partial charge in [0.05, 0.1) is 6.61 Å². The highest BCUT2D eigenvalue weighted by atomic mass is 16.7. The molecule has 6 nitrogen and oxygen atoms in total. The molecule has 2 aliphatic rings. The highest BCUT2D eigenvalue weighted by Gasteiger charge is 2.46. The van der Waals surface area contributed by atoms with Crippen molar-refractivity contribution in [3.8, 4) is 0 Å². The number of ether oxygens (including phenoxy) is 5. The van der Waals surface area contributed by atoms with Gasteiger partial charge < -0.3 is 23.7 Å². The lowest BCUT2D eigenvalue weighted by Crippen LogP contribution is -2.31. The second kappa shape index (κ2) is 9.90. The van der Waals surface area contributed by atoms with Crippen molar-refractivity contribution in [2.24, 2.45) is 0 Å². The van der Waals surface area contributed by atoms with Gasteiger partial charge in [-0.15, -0.1) is 0 Å². The zero-order valence-electron chi connectivity index (χ0n) is 18.0. The number of hydrogen-bond donors (Lipinski definition) is 0. The molecule has 1 saturated heterocycles. The Balaban J connectivity index is 1.36. The molecule has 2 heterocycles. The van der Waals surface area contributed by atoms with Crippen molar-refractivity contribution >= 4 is 5.97 Å².